The van der Waals surface area contributed by atoms with Crippen LogP contribution in [0.4, 0.5) is 22.7 Å². The molecule has 1 spiro atoms. The van der Waals surface area contributed by atoms with Crippen LogP contribution in [0.1, 0.15) is 69.3 Å². The molecule has 1 amide bonds. The van der Waals surface area contributed by atoms with Crippen molar-refractivity contribution in [3.8, 4) is 0 Å². The Kier molecular flexibility index (Phi) is 7.57. The number of anilines is 4. The predicted molar refractivity (Wildman–Crippen MR) is 163 cm³/mol. The summed E-state index contributed by atoms with van der Waals surface area (Å²) in [4.78, 5) is 15.8. The lowest BCUT2D eigenvalue weighted by Gasteiger charge is -2.35. The Balaban J connectivity index is 1.44. The SMILES string of the molecule is CC1Cc2ccc(NC(=O)c3ccc(NS(=O)(=O)CCO)cc3N3CCC4(CC3)CC4)cc2N1S(=O)(=O)C(C)(C)C. The number of aliphatic hydroxyl groups is 1. The Hall–Kier alpha value is -2.83. The van der Waals surface area contributed by atoms with Crippen LogP contribution in [0.2, 0.25) is 0 Å². The minimum atomic E-state index is -3.73. The van der Waals surface area contributed by atoms with E-state index in [0.717, 1.165) is 31.5 Å². The fourth-order valence-corrected chi connectivity index (χ4v) is 8.21. The molecule has 224 valence electrons. The molecule has 2 aromatic rings. The first-order valence-electron chi connectivity index (χ1n) is 14.1. The van der Waals surface area contributed by atoms with Crippen LogP contribution in [0.15, 0.2) is 36.4 Å². The molecule has 0 radical (unpaired) electrons. The molecule has 3 N–H and O–H groups in total. The summed E-state index contributed by atoms with van der Waals surface area (Å²) in [5.74, 6) is -0.789. The zero-order valence-corrected chi connectivity index (χ0v) is 25.7. The van der Waals surface area contributed by atoms with Gasteiger partial charge < -0.3 is 15.3 Å². The van der Waals surface area contributed by atoms with Crippen LogP contribution in [0.5, 0.6) is 0 Å². The highest BCUT2D eigenvalue weighted by Gasteiger charge is 2.45. The quantitative estimate of drug-likeness (QED) is 0.415. The minimum absolute atomic E-state index is 0.234. The zero-order chi connectivity index (χ0) is 29.8. The number of fused-ring (bicyclic) bond motifs is 1. The number of rotatable bonds is 8. The van der Waals surface area contributed by atoms with E-state index in [0.29, 0.717) is 40.1 Å². The van der Waals surface area contributed by atoms with Crippen molar-refractivity contribution in [2.24, 2.45) is 5.41 Å². The van der Waals surface area contributed by atoms with Crippen LogP contribution in [-0.4, -0.2) is 64.1 Å². The van der Waals surface area contributed by atoms with Crippen molar-refractivity contribution in [1.29, 1.82) is 0 Å². The molecule has 2 aliphatic heterocycles. The lowest BCUT2D eigenvalue weighted by atomic mass is 9.93. The Bertz CT molecular complexity index is 1550. The van der Waals surface area contributed by atoms with Crippen molar-refractivity contribution >= 4 is 48.7 Å². The van der Waals surface area contributed by atoms with Gasteiger partial charge in [-0.3, -0.25) is 13.8 Å². The van der Waals surface area contributed by atoms with Crippen LogP contribution in [-0.2, 0) is 26.5 Å². The zero-order valence-electron chi connectivity index (χ0n) is 24.1. The number of carbonyl (C=O) groups excluding carboxylic acids is 1. The van der Waals surface area contributed by atoms with E-state index in [9.17, 15) is 21.6 Å². The van der Waals surface area contributed by atoms with Gasteiger partial charge in [-0.25, -0.2) is 16.8 Å². The summed E-state index contributed by atoms with van der Waals surface area (Å²) in [6.07, 6.45) is 5.10. The smallest absolute Gasteiger partial charge is 0.257 e. The highest BCUT2D eigenvalue weighted by Crippen LogP contribution is 2.54. The van der Waals surface area contributed by atoms with Crippen LogP contribution < -0.4 is 19.2 Å². The van der Waals surface area contributed by atoms with Crippen molar-refractivity contribution in [2.75, 3.05) is 44.7 Å². The molecule has 2 fully saturated rings. The third-order valence-corrected chi connectivity index (χ3v) is 12.4. The lowest BCUT2D eigenvalue weighted by molar-refractivity contribution is 0.102. The highest BCUT2D eigenvalue weighted by atomic mass is 32.2. The van der Waals surface area contributed by atoms with Gasteiger partial charge in [0.05, 0.1) is 39.7 Å². The number of nitrogens with zero attached hydrogens (tertiary/aromatic N) is 2. The topological polar surface area (TPSA) is 136 Å². The first-order chi connectivity index (χ1) is 19.1. The van der Waals surface area contributed by atoms with E-state index >= 15 is 0 Å². The summed E-state index contributed by atoms with van der Waals surface area (Å²) >= 11 is 0. The van der Waals surface area contributed by atoms with Crippen molar-refractivity contribution in [3.05, 3.63) is 47.5 Å². The molecular weight excluding hydrogens is 564 g/mol. The number of piperidine rings is 1. The van der Waals surface area contributed by atoms with Crippen molar-refractivity contribution < 1.29 is 26.7 Å². The van der Waals surface area contributed by atoms with E-state index in [2.05, 4.69) is 14.9 Å². The Labute approximate surface area is 243 Å². The molecule has 2 heterocycles. The largest absolute Gasteiger partial charge is 0.395 e. The number of sulfonamides is 2. The van der Waals surface area contributed by atoms with Crippen LogP contribution >= 0.6 is 0 Å². The van der Waals surface area contributed by atoms with Crippen LogP contribution in [0, 0.1) is 5.41 Å². The van der Waals surface area contributed by atoms with Crippen molar-refractivity contribution in [3.63, 3.8) is 0 Å². The summed E-state index contributed by atoms with van der Waals surface area (Å²) in [7, 11) is -7.38. The first kappa shape index (κ1) is 29.7. The second-order valence-corrected chi connectivity index (χ2v) is 17.0. The number of nitrogens with one attached hydrogen (secondary N) is 2. The number of benzene rings is 2. The summed E-state index contributed by atoms with van der Waals surface area (Å²) in [5, 5.41) is 12.1. The van der Waals surface area contributed by atoms with E-state index < -0.39 is 37.2 Å². The number of amides is 1. The summed E-state index contributed by atoms with van der Waals surface area (Å²) < 4.78 is 54.4. The van der Waals surface area contributed by atoms with Gasteiger partial charge in [0.2, 0.25) is 20.0 Å². The molecule has 41 heavy (non-hydrogen) atoms. The molecule has 10 nitrogen and oxygen atoms in total. The number of hydrogen-bond donors (Lipinski definition) is 3. The van der Waals surface area contributed by atoms with Gasteiger partial charge in [0.25, 0.3) is 5.91 Å². The Morgan fingerprint density at radius 3 is 2.22 bits per heavy atom. The standard InChI is InChI=1S/C29H40N4O6S2/c1-20-17-21-5-6-22(18-25(21)33(20)41(38,39)28(2,3)4)30-27(35)24-8-7-23(31-40(36,37)16-15-34)19-26(24)32-13-11-29(9-10-29)12-14-32/h5-8,18-20,31,34H,9-17H2,1-4H3,(H,30,35). The second-order valence-electron chi connectivity index (χ2n) is 12.6. The maximum absolute atomic E-state index is 13.7. The molecule has 1 unspecified atom stereocenters. The molecule has 1 aliphatic carbocycles. The molecule has 12 heteroatoms. The van der Waals surface area contributed by atoms with Gasteiger partial charge in [-0.05, 0) is 101 Å². The highest BCUT2D eigenvalue weighted by molar-refractivity contribution is 7.94. The van der Waals surface area contributed by atoms with Crippen molar-refractivity contribution in [1.82, 2.24) is 0 Å². The monoisotopic (exact) mass is 604 g/mol. The molecule has 1 atom stereocenters. The predicted octanol–water partition coefficient (Wildman–Crippen LogP) is 3.93. The molecular formula is C29H40N4O6S2. The first-order valence-corrected chi connectivity index (χ1v) is 17.2. The fourth-order valence-electron chi connectivity index (χ4n) is 5.82. The molecule has 3 aliphatic rings. The van der Waals surface area contributed by atoms with E-state index in [1.54, 1.807) is 51.1 Å². The van der Waals surface area contributed by atoms with Gasteiger partial charge in [0, 0.05) is 24.8 Å². The molecule has 0 bridgehead atoms. The van der Waals surface area contributed by atoms with Gasteiger partial charge in [0.1, 0.15) is 0 Å². The molecule has 2 aromatic carbocycles. The van der Waals surface area contributed by atoms with E-state index in [4.69, 9.17) is 5.11 Å². The van der Waals surface area contributed by atoms with E-state index in [1.165, 1.54) is 17.1 Å². The lowest BCUT2D eigenvalue weighted by Crippen LogP contribution is -2.45. The number of hydrogen-bond acceptors (Lipinski definition) is 7. The third kappa shape index (κ3) is 5.91. The fraction of sp³-hybridized carbons (Fsp3) is 0.552. The van der Waals surface area contributed by atoms with Gasteiger partial charge in [-0.15, -0.1) is 0 Å². The average molecular weight is 605 g/mol. The maximum atomic E-state index is 13.7. The minimum Gasteiger partial charge on any atom is -0.395 e. The van der Waals surface area contributed by atoms with Gasteiger partial charge in [0.15, 0.2) is 0 Å². The summed E-state index contributed by atoms with van der Waals surface area (Å²) in [5.41, 5.74) is 3.73. The maximum Gasteiger partial charge on any atom is 0.257 e. The van der Waals surface area contributed by atoms with E-state index in [1.807, 2.05) is 13.0 Å². The van der Waals surface area contributed by atoms with E-state index in [-0.39, 0.29) is 11.9 Å². The molecule has 0 aromatic heterocycles. The Morgan fingerprint density at radius 2 is 1.61 bits per heavy atom. The summed E-state index contributed by atoms with van der Waals surface area (Å²) in [6, 6.07) is 9.95. The van der Waals surface area contributed by atoms with Gasteiger partial charge in [-0.2, -0.15) is 0 Å². The second kappa shape index (κ2) is 10.5. The van der Waals surface area contributed by atoms with Gasteiger partial charge in [-0.1, -0.05) is 6.07 Å². The normalized spacial score (nSPS) is 20.2. The Morgan fingerprint density at radius 1 is 0.976 bits per heavy atom. The third-order valence-electron chi connectivity index (χ3n) is 8.53. The molecule has 1 saturated heterocycles. The molecule has 5 rings (SSSR count). The van der Waals surface area contributed by atoms with Crippen LogP contribution in [0.3, 0.4) is 0 Å². The average Bonchev–Trinajstić information content (AvgIpc) is 3.54. The summed E-state index contributed by atoms with van der Waals surface area (Å²) in [6.45, 7) is 7.96. The number of aliphatic hydroxyl groups excluding tert-OH is 1. The molecule has 1 saturated carbocycles. The van der Waals surface area contributed by atoms with Gasteiger partial charge >= 0.3 is 0 Å². The number of carbonyl (C=O) groups is 1. The van der Waals surface area contributed by atoms with Crippen molar-refractivity contribution in [2.45, 2.75) is 70.6 Å². The van der Waals surface area contributed by atoms with Crippen LogP contribution in [0.25, 0.3) is 0 Å².